The second kappa shape index (κ2) is 4.20. The van der Waals surface area contributed by atoms with Crippen LogP contribution in [0.2, 0.25) is 0 Å². The summed E-state index contributed by atoms with van der Waals surface area (Å²) < 4.78 is 5.38. The highest BCUT2D eigenvalue weighted by Gasteiger charge is 2.41. The number of cyclic esters (lactones) is 1. The first kappa shape index (κ1) is 12.9. The molecule has 1 aromatic rings. The number of allylic oxidation sites excluding steroid dienone is 1. The fourth-order valence-electron chi connectivity index (χ4n) is 3.06. The molecule has 0 saturated carbocycles. The molecule has 2 N–H and O–H groups in total. The number of rotatable bonds is 1. The lowest BCUT2D eigenvalue weighted by Crippen LogP contribution is -2.31. The number of hydrogen-bond acceptors (Lipinski definition) is 4. The van der Waals surface area contributed by atoms with Gasteiger partial charge in [0.05, 0.1) is 11.1 Å². The third-order valence-corrected chi connectivity index (χ3v) is 3.90. The van der Waals surface area contributed by atoms with Crippen molar-refractivity contribution in [1.82, 2.24) is 0 Å². The average molecular weight is 271 g/mol. The predicted molar refractivity (Wildman–Crippen MR) is 73.8 cm³/mol. The summed E-state index contributed by atoms with van der Waals surface area (Å²) in [5.41, 5.74) is 8.23. The number of nitrogens with two attached hydrogens (primary N) is 1. The van der Waals surface area contributed by atoms with E-state index in [9.17, 15) is 9.59 Å². The zero-order valence-electron chi connectivity index (χ0n) is 11.6. The number of esters is 1. The van der Waals surface area contributed by atoms with Crippen LogP contribution in [0.4, 0.5) is 0 Å². The maximum atomic E-state index is 12.4. The highest BCUT2D eigenvalue weighted by molar-refractivity contribution is 6.02. The van der Waals surface area contributed by atoms with Crippen LogP contribution in [0.5, 0.6) is 0 Å². The summed E-state index contributed by atoms with van der Waals surface area (Å²) in [5.74, 6) is -0.406. The third kappa shape index (κ3) is 1.92. The monoisotopic (exact) mass is 271 g/mol. The second-order valence-electron chi connectivity index (χ2n) is 6.25. The molecule has 0 unspecified atom stereocenters. The van der Waals surface area contributed by atoms with Crippen molar-refractivity contribution in [2.75, 3.05) is 0 Å². The number of Topliss-reactive ketones (excluding diaryl/α,β-unsaturated/α-hetero) is 1. The molecule has 104 valence electrons. The van der Waals surface area contributed by atoms with Crippen LogP contribution in [0, 0.1) is 5.41 Å². The molecule has 3 rings (SSSR count). The fraction of sp³-hybridized carbons (Fsp3) is 0.375. The van der Waals surface area contributed by atoms with Crippen LogP contribution in [0.15, 0.2) is 35.5 Å². The van der Waals surface area contributed by atoms with Crippen LogP contribution in [-0.4, -0.2) is 11.8 Å². The Morgan fingerprint density at radius 2 is 1.90 bits per heavy atom. The molecule has 1 atom stereocenters. The topological polar surface area (TPSA) is 69.4 Å². The summed E-state index contributed by atoms with van der Waals surface area (Å²) in [6.07, 6.45) is 0.436. The maximum absolute atomic E-state index is 12.4. The molecule has 4 heteroatoms. The second-order valence-corrected chi connectivity index (χ2v) is 6.25. The van der Waals surface area contributed by atoms with Crippen LogP contribution in [-0.2, 0) is 9.53 Å². The molecule has 0 fully saturated rings. The molecule has 0 bridgehead atoms. The molecule has 2 aliphatic rings. The van der Waals surface area contributed by atoms with E-state index < -0.39 is 6.10 Å². The molecule has 1 aromatic carbocycles. The SMILES string of the molecule is CC1(C)CC(=O)C([C@H]2OC(=O)c3ccccc32)=C(N)C1. The molecule has 0 saturated heterocycles. The molecule has 20 heavy (non-hydrogen) atoms. The van der Waals surface area contributed by atoms with E-state index in [1.807, 2.05) is 26.0 Å². The van der Waals surface area contributed by atoms with Gasteiger partial charge in [0.2, 0.25) is 0 Å². The number of benzene rings is 1. The van der Waals surface area contributed by atoms with E-state index >= 15 is 0 Å². The normalized spacial score (nSPS) is 24.6. The summed E-state index contributed by atoms with van der Waals surface area (Å²) in [7, 11) is 0. The Balaban J connectivity index is 2.07. The summed E-state index contributed by atoms with van der Waals surface area (Å²) in [6.45, 7) is 4.03. The van der Waals surface area contributed by atoms with Gasteiger partial charge in [-0.05, 0) is 17.9 Å². The van der Waals surface area contributed by atoms with E-state index in [1.54, 1.807) is 12.1 Å². The fourth-order valence-corrected chi connectivity index (χ4v) is 3.06. The standard InChI is InChI=1S/C16H17NO3/c1-16(2)7-11(17)13(12(18)8-16)14-9-5-3-4-6-10(9)15(19)20-14/h3-6,14H,7-8,17H2,1-2H3/t14-/m0/s1. The van der Waals surface area contributed by atoms with Gasteiger partial charge in [-0.2, -0.15) is 0 Å². The lowest BCUT2D eigenvalue weighted by atomic mass is 9.74. The van der Waals surface area contributed by atoms with Crippen LogP contribution in [0.25, 0.3) is 0 Å². The number of carbonyl (C=O) groups is 2. The van der Waals surface area contributed by atoms with E-state index in [1.165, 1.54) is 0 Å². The van der Waals surface area contributed by atoms with Gasteiger partial charge < -0.3 is 10.5 Å². The number of fused-ring (bicyclic) bond motifs is 1. The lowest BCUT2D eigenvalue weighted by Gasteiger charge is -2.32. The molecule has 0 spiro atoms. The van der Waals surface area contributed by atoms with Crippen LogP contribution in [0.3, 0.4) is 0 Å². The first-order chi connectivity index (χ1) is 9.39. The van der Waals surface area contributed by atoms with Crippen molar-refractivity contribution in [2.45, 2.75) is 32.8 Å². The van der Waals surface area contributed by atoms with Gasteiger partial charge in [-0.15, -0.1) is 0 Å². The van der Waals surface area contributed by atoms with Crippen LogP contribution >= 0.6 is 0 Å². The Labute approximate surface area is 117 Å². The Bertz CT molecular complexity index is 643. The van der Waals surface area contributed by atoms with Crippen LogP contribution in [0.1, 0.15) is 48.7 Å². The van der Waals surface area contributed by atoms with Gasteiger partial charge in [0.25, 0.3) is 0 Å². The van der Waals surface area contributed by atoms with Gasteiger partial charge in [-0.25, -0.2) is 4.79 Å². The number of ether oxygens (including phenoxy) is 1. The quantitative estimate of drug-likeness (QED) is 0.797. The molecule has 0 radical (unpaired) electrons. The first-order valence-corrected chi connectivity index (χ1v) is 6.71. The summed E-state index contributed by atoms with van der Waals surface area (Å²) >= 11 is 0. The minimum Gasteiger partial charge on any atom is -0.449 e. The Morgan fingerprint density at radius 3 is 2.60 bits per heavy atom. The summed E-state index contributed by atoms with van der Waals surface area (Å²) in [5, 5.41) is 0. The van der Waals surface area contributed by atoms with E-state index in [0.717, 1.165) is 5.56 Å². The van der Waals surface area contributed by atoms with Gasteiger partial charge in [0, 0.05) is 17.7 Å². The van der Waals surface area contributed by atoms with E-state index in [0.29, 0.717) is 29.7 Å². The molecule has 1 aliphatic carbocycles. The summed E-state index contributed by atoms with van der Waals surface area (Å²) in [6, 6.07) is 7.15. The molecule has 0 aromatic heterocycles. The smallest absolute Gasteiger partial charge is 0.339 e. The van der Waals surface area contributed by atoms with Crippen molar-refractivity contribution >= 4 is 11.8 Å². The Morgan fingerprint density at radius 1 is 1.20 bits per heavy atom. The van der Waals surface area contributed by atoms with Crippen molar-refractivity contribution in [3.8, 4) is 0 Å². The zero-order chi connectivity index (χ0) is 14.5. The number of carbonyl (C=O) groups excluding carboxylic acids is 2. The van der Waals surface area contributed by atoms with E-state index in [-0.39, 0.29) is 17.2 Å². The van der Waals surface area contributed by atoms with Gasteiger partial charge in [0.15, 0.2) is 11.9 Å². The minimum absolute atomic E-state index is 0.0201. The molecule has 1 heterocycles. The zero-order valence-corrected chi connectivity index (χ0v) is 11.6. The van der Waals surface area contributed by atoms with Crippen molar-refractivity contribution in [2.24, 2.45) is 11.1 Å². The maximum Gasteiger partial charge on any atom is 0.339 e. The highest BCUT2D eigenvalue weighted by atomic mass is 16.5. The Hall–Kier alpha value is -2.10. The lowest BCUT2D eigenvalue weighted by molar-refractivity contribution is -0.119. The molecule has 4 nitrogen and oxygen atoms in total. The average Bonchev–Trinajstić information content (AvgIpc) is 2.65. The summed E-state index contributed by atoms with van der Waals surface area (Å²) in [4.78, 5) is 24.3. The molecule has 1 aliphatic heterocycles. The van der Waals surface area contributed by atoms with Gasteiger partial charge >= 0.3 is 5.97 Å². The van der Waals surface area contributed by atoms with Crippen LogP contribution < -0.4 is 5.73 Å². The van der Waals surface area contributed by atoms with Gasteiger partial charge in [-0.3, -0.25) is 4.79 Å². The Kier molecular flexibility index (Phi) is 2.71. The number of ketones is 1. The largest absolute Gasteiger partial charge is 0.449 e. The highest BCUT2D eigenvalue weighted by Crippen LogP contribution is 2.43. The molecule has 0 amide bonds. The first-order valence-electron chi connectivity index (χ1n) is 6.71. The predicted octanol–water partition coefficient (Wildman–Crippen LogP) is 2.50. The van der Waals surface area contributed by atoms with Crippen molar-refractivity contribution in [3.63, 3.8) is 0 Å². The van der Waals surface area contributed by atoms with Crippen molar-refractivity contribution in [3.05, 3.63) is 46.7 Å². The van der Waals surface area contributed by atoms with Crippen molar-refractivity contribution < 1.29 is 14.3 Å². The minimum atomic E-state index is -0.637. The third-order valence-electron chi connectivity index (χ3n) is 3.90. The van der Waals surface area contributed by atoms with E-state index in [2.05, 4.69) is 0 Å². The molecular formula is C16H17NO3. The number of hydrogen-bond donors (Lipinski definition) is 1. The van der Waals surface area contributed by atoms with Gasteiger partial charge in [-0.1, -0.05) is 32.0 Å². The molecular weight excluding hydrogens is 254 g/mol. The van der Waals surface area contributed by atoms with Gasteiger partial charge in [0.1, 0.15) is 0 Å². The van der Waals surface area contributed by atoms with E-state index in [4.69, 9.17) is 10.5 Å². The van der Waals surface area contributed by atoms with Crippen molar-refractivity contribution in [1.29, 1.82) is 0 Å².